The largest absolute Gasteiger partial charge is 0.497 e. The molecular weight excluding hydrogens is 294 g/mol. The third kappa shape index (κ3) is 2.88. The molecule has 0 aliphatic rings. The van der Waals surface area contributed by atoms with E-state index in [1.54, 1.807) is 25.1 Å². The molecule has 1 heterocycles. The number of nitrogens with one attached hydrogen (secondary N) is 1. The van der Waals surface area contributed by atoms with Crippen LogP contribution in [0.4, 0.5) is 0 Å². The fraction of sp³-hybridized carbons (Fsp3) is 0.167. The Morgan fingerprint density at radius 2 is 2.00 bits per heavy atom. The van der Waals surface area contributed by atoms with Gasteiger partial charge in [0.05, 0.1) is 12.4 Å². The summed E-state index contributed by atoms with van der Waals surface area (Å²) in [6, 6.07) is 15.6. The Kier molecular flexibility index (Phi) is 4.20. The monoisotopic (exact) mass is 311 g/mol. The number of ether oxygens (including phenoxy) is 1. The number of aromatic nitrogens is 1. The van der Waals surface area contributed by atoms with Gasteiger partial charge < -0.3 is 9.72 Å². The molecular formula is C18H17NO2S. The number of carbonyl (C=O) groups is 1. The standard InChI is InChI=1S/C18H17NO2S/c1-12(22-14-7-5-6-13(10-14)21-2)18(20)16-11-19-17-9-4-3-8-15(16)17/h3-12,19H,1-2H3. The van der Waals surface area contributed by atoms with Crippen LogP contribution in [0.1, 0.15) is 17.3 Å². The smallest absolute Gasteiger partial charge is 0.178 e. The van der Waals surface area contributed by atoms with Crippen molar-refractivity contribution in [3.05, 3.63) is 60.3 Å². The van der Waals surface area contributed by atoms with Crippen molar-refractivity contribution in [3.63, 3.8) is 0 Å². The van der Waals surface area contributed by atoms with Crippen molar-refractivity contribution < 1.29 is 9.53 Å². The molecule has 0 bridgehead atoms. The lowest BCUT2D eigenvalue weighted by Gasteiger charge is -2.10. The second-order valence-electron chi connectivity index (χ2n) is 5.05. The lowest BCUT2D eigenvalue weighted by molar-refractivity contribution is 0.0995. The van der Waals surface area contributed by atoms with Crippen LogP contribution in [0.5, 0.6) is 5.75 Å². The molecule has 0 saturated heterocycles. The average Bonchev–Trinajstić information content (AvgIpc) is 2.98. The van der Waals surface area contributed by atoms with Gasteiger partial charge in [0.25, 0.3) is 0 Å². The minimum atomic E-state index is -0.161. The summed E-state index contributed by atoms with van der Waals surface area (Å²) in [6.07, 6.45) is 1.80. The number of hydrogen-bond donors (Lipinski definition) is 1. The van der Waals surface area contributed by atoms with Gasteiger partial charge in [0.2, 0.25) is 0 Å². The number of hydrogen-bond acceptors (Lipinski definition) is 3. The van der Waals surface area contributed by atoms with Crippen LogP contribution in [0, 0.1) is 0 Å². The zero-order valence-electron chi connectivity index (χ0n) is 12.5. The number of rotatable bonds is 5. The van der Waals surface area contributed by atoms with Crippen LogP contribution in [0.25, 0.3) is 10.9 Å². The first-order chi connectivity index (χ1) is 10.7. The maximum atomic E-state index is 12.7. The quantitative estimate of drug-likeness (QED) is 0.555. The molecule has 0 saturated carbocycles. The molecule has 22 heavy (non-hydrogen) atoms. The SMILES string of the molecule is COc1cccc(SC(C)C(=O)c2c[nH]c3ccccc23)c1. The Bertz CT molecular complexity index is 809. The fourth-order valence-corrected chi connectivity index (χ4v) is 3.41. The van der Waals surface area contributed by atoms with E-state index in [1.807, 2.05) is 55.5 Å². The molecule has 0 aliphatic heterocycles. The summed E-state index contributed by atoms with van der Waals surface area (Å²) in [7, 11) is 1.64. The van der Waals surface area contributed by atoms with Gasteiger partial charge in [-0.15, -0.1) is 11.8 Å². The summed E-state index contributed by atoms with van der Waals surface area (Å²) >= 11 is 1.54. The van der Waals surface area contributed by atoms with E-state index in [1.165, 1.54) is 0 Å². The molecule has 1 aromatic heterocycles. The van der Waals surface area contributed by atoms with Crippen LogP contribution < -0.4 is 4.74 Å². The zero-order valence-corrected chi connectivity index (χ0v) is 13.3. The number of fused-ring (bicyclic) bond motifs is 1. The minimum absolute atomic E-state index is 0.130. The number of benzene rings is 2. The Morgan fingerprint density at radius 1 is 1.18 bits per heavy atom. The Balaban J connectivity index is 1.82. The van der Waals surface area contributed by atoms with Gasteiger partial charge in [-0.25, -0.2) is 0 Å². The van der Waals surface area contributed by atoms with Crippen LogP contribution in [0.3, 0.4) is 0 Å². The lowest BCUT2D eigenvalue weighted by Crippen LogP contribution is -2.12. The molecule has 3 nitrogen and oxygen atoms in total. The number of ketones is 1. The molecule has 0 amide bonds. The molecule has 0 spiro atoms. The van der Waals surface area contributed by atoms with Crippen molar-refractivity contribution in [3.8, 4) is 5.75 Å². The highest BCUT2D eigenvalue weighted by atomic mass is 32.2. The summed E-state index contributed by atoms with van der Waals surface area (Å²) in [5.74, 6) is 0.932. The average molecular weight is 311 g/mol. The van der Waals surface area contributed by atoms with Gasteiger partial charge >= 0.3 is 0 Å². The molecule has 4 heteroatoms. The molecule has 112 valence electrons. The van der Waals surface area contributed by atoms with E-state index >= 15 is 0 Å². The van der Waals surface area contributed by atoms with E-state index in [9.17, 15) is 4.79 Å². The topological polar surface area (TPSA) is 42.1 Å². The molecule has 0 fully saturated rings. The number of H-pyrrole nitrogens is 1. The van der Waals surface area contributed by atoms with Gasteiger partial charge in [0.15, 0.2) is 5.78 Å². The first-order valence-corrected chi connectivity index (χ1v) is 7.98. The van der Waals surface area contributed by atoms with Crippen LogP contribution in [-0.2, 0) is 0 Å². The molecule has 3 rings (SSSR count). The summed E-state index contributed by atoms with van der Waals surface area (Å²) in [4.78, 5) is 16.9. The third-order valence-corrected chi connectivity index (χ3v) is 4.67. The minimum Gasteiger partial charge on any atom is -0.497 e. The van der Waals surface area contributed by atoms with Crippen LogP contribution in [0.2, 0.25) is 0 Å². The summed E-state index contributed by atoms with van der Waals surface area (Å²) in [5.41, 5.74) is 1.74. The predicted octanol–water partition coefficient (Wildman–Crippen LogP) is 4.54. The molecule has 3 aromatic rings. The first-order valence-electron chi connectivity index (χ1n) is 7.10. The number of methoxy groups -OCH3 is 1. The van der Waals surface area contributed by atoms with E-state index in [2.05, 4.69) is 4.98 Å². The van der Waals surface area contributed by atoms with Crippen molar-refractivity contribution in [1.29, 1.82) is 0 Å². The molecule has 0 aliphatic carbocycles. The highest BCUT2D eigenvalue weighted by Crippen LogP contribution is 2.30. The second kappa shape index (κ2) is 6.28. The van der Waals surface area contributed by atoms with Crippen molar-refractivity contribution in [2.24, 2.45) is 0 Å². The normalized spacial score (nSPS) is 12.3. The summed E-state index contributed by atoms with van der Waals surface area (Å²) in [5, 5.41) is 0.817. The first kappa shape index (κ1) is 14.7. The lowest BCUT2D eigenvalue weighted by atomic mass is 10.1. The Morgan fingerprint density at radius 3 is 2.82 bits per heavy atom. The van der Waals surface area contributed by atoms with Crippen LogP contribution in [0.15, 0.2) is 59.6 Å². The summed E-state index contributed by atoms with van der Waals surface area (Å²) < 4.78 is 5.22. The molecule has 1 atom stereocenters. The fourth-order valence-electron chi connectivity index (χ4n) is 2.43. The van der Waals surface area contributed by atoms with Gasteiger partial charge in [-0.05, 0) is 31.2 Å². The van der Waals surface area contributed by atoms with Crippen molar-refractivity contribution >= 4 is 28.4 Å². The number of thioether (sulfide) groups is 1. The highest BCUT2D eigenvalue weighted by Gasteiger charge is 2.19. The summed E-state index contributed by atoms with van der Waals surface area (Å²) in [6.45, 7) is 1.94. The molecule has 1 unspecified atom stereocenters. The van der Waals surface area contributed by atoms with Crippen LogP contribution in [-0.4, -0.2) is 23.1 Å². The van der Waals surface area contributed by atoms with Gasteiger partial charge in [0, 0.05) is 27.6 Å². The van der Waals surface area contributed by atoms with Gasteiger partial charge in [-0.2, -0.15) is 0 Å². The van der Waals surface area contributed by atoms with E-state index in [-0.39, 0.29) is 11.0 Å². The molecule has 1 N–H and O–H groups in total. The van der Waals surface area contributed by atoms with E-state index < -0.39 is 0 Å². The number of carbonyl (C=O) groups excluding carboxylic acids is 1. The van der Waals surface area contributed by atoms with Gasteiger partial charge in [0.1, 0.15) is 5.75 Å². The zero-order chi connectivity index (χ0) is 15.5. The van der Waals surface area contributed by atoms with E-state index in [0.29, 0.717) is 0 Å². The van der Waals surface area contributed by atoms with E-state index in [4.69, 9.17) is 4.74 Å². The molecule has 2 aromatic carbocycles. The Hall–Kier alpha value is -2.20. The van der Waals surface area contributed by atoms with Crippen molar-refractivity contribution in [2.45, 2.75) is 17.1 Å². The van der Waals surface area contributed by atoms with Crippen LogP contribution >= 0.6 is 11.8 Å². The number of Topliss-reactive ketones (excluding diaryl/α,β-unsaturated/α-hetero) is 1. The Labute approximate surface area is 133 Å². The number of para-hydroxylation sites is 1. The van der Waals surface area contributed by atoms with Crippen molar-refractivity contribution in [1.82, 2.24) is 4.98 Å². The van der Waals surface area contributed by atoms with Crippen molar-refractivity contribution in [2.75, 3.05) is 7.11 Å². The highest BCUT2D eigenvalue weighted by molar-refractivity contribution is 8.00. The van der Waals surface area contributed by atoms with Gasteiger partial charge in [-0.3, -0.25) is 4.79 Å². The number of aromatic amines is 1. The predicted molar refractivity (Wildman–Crippen MR) is 90.9 cm³/mol. The maximum absolute atomic E-state index is 12.7. The second-order valence-corrected chi connectivity index (χ2v) is 6.47. The van der Waals surface area contributed by atoms with E-state index in [0.717, 1.165) is 27.1 Å². The van der Waals surface area contributed by atoms with Gasteiger partial charge in [-0.1, -0.05) is 24.3 Å². The third-order valence-electron chi connectivity index (χ3n) is 3.58. The maximum Gasteiger partial charge on any atom is 0.178 e. The molecule has 0 radical (unpaired) electrons.